The number of primary amides is 1. The number of nitrogens with zero attached hydrogens (tertiary/aromatic N) is 5. The van der Waals surface area contributed by atoms with Crippen LogP contribution in [0.4, 0.5) is 5.95 Å². The van der Waals surface area contributed by atoms with Crippen LogP contribution >= 0.6 is 11.8 Å². The van der Waals surface area contributed by atoms with Crippen molar-refractivity contribution in [3.8, 4) is 5.69 Å². The largest absolute Gasteiger partial charge is 0.378 e. The summed E-state index contributed by atoms with van der Waals surface area (Å²) in [5.74, 6) is 0.386. The highest BCUT2D eigenvalue weighted by Gasteiger charge is 2.24. The van der Waals surface area contributed by atoms with Crippen molar-refractivity contribution < 1.29 is 14.3 Å². The zero-order valence-electron chi connectivity index (χ0n) is 19.8. The summed E-state index contributed by atoms with van der Waals surface area (Å²) in [5, 5.41) is 9.57. The van der Waals surface area contributed by atoms with Crippen molar-refractivity contribution in [2.45, 2.75) is 25.0 Å². The van der Waals surface area contributed by atoms with E-state index in [2.05, 4.69) is 15.1 Å². The lowest BCUT2D eigenvalue weighted by Gasteiger charge is -2.28. The van der Waals surface area contributed by atoms with Gasteiger partial charge in [0.1, 0.15) is 0 Å². The number of aromatic nitrogens is 3. The molecule has 1 saturated heterocycles. The minimum atomic E-state index is -0.432. The highest BCUT2D eigenvalue weighted by Crippen LogP contribution is 2.29. The molecule has 0 radical (unpaired) electrons. The molecule has 0 spiro atoms. The normalized spacial score (nSPS) is 13.6. The molecule has 2 N–H and O–H groups in total. The van der Waals surface area contributed by atoms with Crippen LogP contribution in [0, 0.1) is 6.92 Å². The fourth-order valence-electron chi connectivity index (χ4n) is 3.91. The van der Waals surface area contributed by atoms with E-state index in [9.17, 15) is 9.59 Å². The Kier molecular flexibility index (Phi) is 8.38. The second-order valence-electron chi connectivity index (χ2n) is 8.31. The Bertz CT molecular complexity index is 1150. The van der Waals surface area contributed by atoms with E-state index in [0.29, 0.717) is 24.9 Å². The maximum atomic E-state index is 13.2. The van der Waals surface area contributed by atoms with Gasteiger partial charge in [0.15, 0.2) is 5.16 Å². The summed E-state index contributed by atoms with van der Waals surface area (Å²) in [6, 6.07) is 17.8. The third-order valence-corrected chi connectivity index (χ3v) is 6.70. The molecule has 2 heterocycles. The number of morpholine rings is 1. The molecule has 1 aliphatic rings. The number of aryl methyl sites for hydroxylation is 1. The van der Waals surface area contributed by atoms with Crippen LogP contribution in [0.1, 0.15) is 17.5 Å². The topological polar surface area (TPSA) is 107 Å². The van der Waals surface area contributed by atoms with Gasteiger partial charge in [-0.2, -0.15) is 0 Å². The minimum absolute atomic E-state index is 0.0904. The van der Waals surface area contributed by atoms with Crippen LogP contribution in [-0.4, -0.2) is 70.1 Å². The number of rotatable bonds is 10. The lowest BCUT2D eigenvalue weighted by molar-refractivity contribution is -0.129. The molecule has 10 heteroatoms. The first kappa shape index (κ1) is 24.7. The van der Waals surface area contributed by atoms with Gasteiger partial charge in [-0.3, -0.25) is 14.2 Å². The standard InChI is InChI=1S/C25H30N6O3S/c1-19-7-5-6-10-21(19)31-24(29-13-15-34-16-14-29)27-28-25(31)35-18-23(33)30(12-11-22(26)32)17-20-8-3-2-4-9-20/h2-10H,11-18H2,1H3,(H2,26,32). The average Bonchev–Trinajstić information content (AvgIpc) is 3.30. The van der Waals surface area contributed by atoms with Gasteiger partial charge in [-0.25, -0.2) is 0 Å². The van der Waals surface area contributed by atoms with E-state index in [0.717, 1.165) is 35.9 Å². The Morgan fingerprint density at radius 1 is 1.06 bits per heavy atom. The Hall–Kier alpha value is -3.37. The van der Waals surface area contributed by atoms with Crippen LogP contribution < -0.4 is 10.6 Å². The summed E-state index contributed by atoms with van der Waals surface area (Å²) in [6.07, 6.45) is 0.115. The summed E-state index contributed by atoms with van der Waals surface area (Å²) in [5.41, 5.74) is 8.41. The number of nitrogens with two attached hydrogens (primary N) is 1. The van der Waals surface area contributed by atoms with E-state index in [-0.39, 0.29) is 24.6 Å². The van der Waals surface area contributed by atoms with E-state index >= 15 is 0 Å². The van der Waals surface area contributed by atoms with Crippen molar-refractivity contribution in [1.82, 2.24) is 19.7 Å². The third-order valence-electron chi connectivity index (χ3n) is 5.79. The lowest BCUT2D eigenvalue weighted by atomic mass is 10.2. The summed E-state index contributed by atoms with van der Waals surface area (Å²) in [6.45, 7) is 5.45. The lowest BCUT2D eigenvalue weighted by Crippen LogP contribution is -2.38. The molecule has 0 atom stereocenters. The molecule has 1 aliphatic heterocycles. The maximum Gasteiger partial charge on any atom is 0.233 e. The molecule has 1 aromatic heterocycles. The van der Waals surface area contributed by atoms with Gasteiger partial charge < -0.3 is 20.3 Å². The van der Waals surface area contributed by atoms with Crippen LogP contribution in [0.2, 0.25) is 0 Å². The van der Waals surface area contributed by atoms with Gasteiger partial charge in [0, 0.05) is 32.6 Å². The maximum absolute atomic E-state index is 13.2. The molecule has 0 aliphatic carbocycles. The van der Waals surface area contributed by atoms with Gasteiger partial charge in [0.2, 0.25) is 17.8 Å². The van der Waals surface area contributed by atoms with Crippen molar-refractivity contribution in [3.63, 3.8) is 0 Å². The summed E-state index contributed by atoms with van der Waals surface area (Å²) in [4.78, 5) is 28.4. The molecule has 2 amide bonds. The number of ether oxygens (including phenoxy) is 1. The molecule has 35 heavy (non-hydrogen) atoms. The number of benzene rings is 2. The smallest absolute Gasteiger partial charge is 0.233 e. The quantitative estimate of drug-likeness (QED) is 0.431. The molecule has 184 valence electrons. The molecule has 4 rings (SSSR count). The second-order valence-corrected chi connectivity index (χ2v) is 9.25. The first-order valence-electron chi connectivity index (χ1n) is 11.6. The monoisotopic (exact) mass is 494 g/mol. The zero-order chi connectivity index (χ0) is 24.6. The van der Waals surface area contributed by atoms with Gasteiger partial charge >= 0.3 is 0 Å². The molecular formula is C25H30N6O3S. The molecule has 2 aromatic carbocycles. The molecule has 0 bridgehead atoms. The van der Waals surface area contributed by atoms with Gasteiger partial charge in [-0.05, 0) is 24.1 Å². The number of carbonyl (C=O) groups excluding carboxylic acids is 2. The van der Waals surface area contributed by atoms with Gasteiger partial charge in [0.25, 0.3) is 0 Å². The molecular weight excluding hydrogens is 464 g/mol. The minimum Gasteiger partial charge on any atom is -0.378 e. The van der Waals surface area contributed by atoms with E-state index < -0.39 is 5.91 Å². The molecule has 1 fully saturated rings. The Balaban J connectivity index is 1.55. The number of carbonyl (C=O) groups is 2. The van der Waals surface area contributed by atoms with Crippen molar-refractivity contribution in [3.05, 3.63) is 65.7 Å². The molecule has 0 unspecified atom stereocenters. The number of para-hydroxylation sites is 1. The van der Waals surface area contributed by atoms with Crippen molar-refractivity contribution in [1.29, 1.82) is 0 Å². The second kappa shape index (κ2) is 11.9. The fraction of sp³-hybridized carbons (Fsp3) is 0.360. The van der Waals surface area contributed by atoms with Crippen LogP contribution in [0.15, 0.2) is 59.8 Å². The third kappa shape index (κ3) is 6.40. The average molecular weight is 495 g/mol. The van der Waals surface area contributed by atoms with Gasteiger partial charge in [-0.15, -0.1) is 10.2 Å². The Morgan fingerprint density at radius 3 is 2.49 bits per heavy atom. The number of hydrogen-bond acceptors (Lipinski definition) is 7. The summed E-state index contributed by atoms with van der Waals surface area (Å²) >= 11 is 1.34. The van der Waals surface area contributed by atoms with Gasteiger partial charge in [-0.1, -0.05) is 60.3 Å². The van der Waals surface area contributed by atoms with Crippen LogP contribution in [0.25, 0.3) is 5.69 Å². The van der Waals surface area contributed by atoms with E-state index in [1.165, 1.54) is 11.8 Å². The van der Waals surface area contributed by atoms with Crippen LogP contribution in [0.3, 0.4) is 0 Å². The van der Waals surface area contributed by atoms with E-state index in [1.807, 2.05) is 66.1 Å². The number of anilines is 1. The highest BCUT2D eigenvalue weighted by molar-refractivity contribution is 7.99. The first-order chi connectivity index (χ1) is 17.0. The highest BCUT2D eigenvalue weighted by atomic mass is 32.2. The SMILES string of the molecule is Cc1ccccc1-n1c(SCC(=O)N(CCC(N)=O)Cc2ccccc2)nnc1N1CCOCC1. The molecule has 9 nitrogen and oxygen atoms in total. The molecule has 3 aromatic rings. The van der Waals surface area contributed by atoms with Crippen molar-refractivity contribution >= 4 is 29.5 Å². The van der Waals surface area contributed by atoms with Crippen molar-refractivity contribution in [2.75, 3.05) is 43.5 Å². The van der Waals surface area contributed by atoms with Crippen LogP contribution in [-0.2, 0) is 20.9 Å². The predicted molar refractivity (Wildman–Crippen MR) is 136 cm³/mol. The fourth-order valence-corrected chi connectivity index (χ4v) is 4.75. The number of thioether (sulfide) groups is 1. The van der Waals surface area contributed by atoms with Crippen molar-refractivity contribution in [2.24, 2.45) is 5.73 Å². The summed E-state index contributed by atoms with van der Waals surface area (Å²) < 4.78 is 7.52. The Morgan fingerprint density at radius 2 is 1.77 bits per heavy atom. The Labute approximate surface area is 209 Å². The van der Waals surface area contributed by atoms with Gasteiger partial charge in [0.05, 0.1) is 24.7 Å². The molecule has 0 saturated carbocycles. The van der Waals surface area contributed by atoms with E-state index in [4.69, 9.17) is 10.5 Å². The zero-order valence-corrected chi connectivity index (χ0v) is 20.6. The predicted octanol–water partition coefficient (Wildman–Crippen LogP) is 2.41. The number of amides is 2. The van der Waals surface area contributed by atoms with E-state index in [1.54, 1.807) is 4.90 Å². The summed E-state index contributed by atoms with van der Waals surface area (Å²) in [7, 11) is 0. The number of hydrogen-bond donors (Lipinski definition) is 1. The van der Waals surface area contributed by atoms with Crippen LogP contribution in [0.5, 0.6) is 0 Å². The first-order valence-corrected chi connectivity index (χ1v) is 12.6.